The van der Waals surface area contributed by atoms with Gasteiger partial charge in [-0.25, -0.2) is 4.57 Å². The number of nitrogens with one attached hydrogen (secondary N) is 1. The number of rotatable bonds is 6. The van der Waals surface area contributed by atoms with E-state index in [1.165, 1.54) is 39.7 Å². The molecule has 0 aliphatic carbocycles. The molecule has 24 heavy (non-hydrogen) atoms. The van der Waals surface area contributed by atoms with Crippen LogP contribution < -0.4 is 4.57 Å². The Hall–Kier alpha value is -2.39. The van der Waals surface area contributed by atoms with Gasteiger partial charge in [0.15, 0.2) is 12.4 Å². The van der Waals surface area contributed by atoms with E-state index in [4.69, 9.17) is 0 Å². The molecule has 3 heteroatoms. The Morgan fingerprint density at radius 1 is 0.917 bits per heavy atom. The highest BCUT2D eigenvalue weighted by Gasteiger charge is 2.05. The molecule has 3 heterocycles. The molecular weight excluding hydrogens is 312 g/mol. The standard InChI is InChI=1S/C21H21N2S/c1-2-8-20-19(7-1)18(16-22-20)6-3-4-12-23-13-10-17(11-14-23)21-9-5-15-24-21/h1-2,5,7-11,13-16,22H,3-4,6,12H2/q+1. The van der Waals surface area contributed by atoms with Crippen molar-refractivity contribution in [1.29, 1.82) is 0 Å². The molecular formula is C21H21N2S+. The summed E-state index contributed by atoms with van der Waals surface area (Å²) in [5, 5.41) is 3.49. The molecule has 0 saturated heterocycles. The van der Waals surface area contributed by atoms with Gasteiger partial charge < -0.3 is 4.98 Å². The first kappa shape index (κ1) is 15.2. The van der Waals surface area contributed by atoms with E-state index >= 15 is 0 Å². The van der Waals surface area contributed by atoms with Crippen LogP contribution >= 0.6 is 11.3 Å². The minimum atomic E-state index is 1.08. The topological polar surface area (TPSA) is 19.7 Å². The summed E-state index contributed by atoms with van der Waals surface area (Å²) in [6, 6.07) is 17.3. The number of hydrogen-bond acceptors (Lipinski definition) is 1. The van der Waals surface area contributed by atoms with Crippen molar-refractivity contribution in [3.8, 4) is 10.4 Å². The van der Waals surface area contributed by atoms with Crippen molar-refractivity contribution < 1.29 is 4.57 Å². The molecule has 0 bridgehead atoms. The minimum Gasteiger partial charge on any atom is -0.361 e. The zero-order valence-corrected chi connectivity index (χ0v) is 14.4. The summed E-state index contributed by atoms with van der Waals surface area (Å²) in [6.07, 6.45) is 10.1. The molecule has 120 valence electrons. The number of para-hydroxylation sites is 1. The van der Waals surface area contributed by atoms with Gasteiger partial charge in [0, 0.05) is 46.1 Å². The van der Waals surface area contributed by atoms with Gasteiger partial charge in [-0.2, -0.15) is 0 Å². The molecule has 0 radical (unpaired) electrons. The number of hydrogen-bond donors (Lipinski definition) is 1. The molecule has 0 aliphatic heterocycles. The predicted molar refractivity (Wildman–Crippen MR) is 101 cm³/mol. The first-order valence-electron chi connectivity index (χ1n) is 8.48. The van der Waals surface area contributed by atoms with Crippen molar-refractivity contribution in [2.75, 3.05) is 0 Å². The quantitative estimate of drug-likeness (QED) is 0.369. The number of pyridine rings is 1. The van der Waals surface area contributed by atoms with Crippen molar-refractivity contribution in [1.82, 2.24) is 4.98 Å². The molecule has 4 rings (SSSR count). The SMILES string of the molecule is c1csc(-c2cc[n+](CCCCc3c[nH]c4ccccc34)cc2)c1. The molecule has 1 aromatic carbocycles. The van der Waals surface area contributed by atoms with E-state index in [9.17, 15) is 0 Å². The first-order chi connectivity index (χ1) is 11.9. The summed E-state index contributed by atoms with van der Waals surface area (Å²) in [4.78, 5) is 4.70. The fourth-order valence-corrected chi connectivity index (χ4v) is 3.89. The lowest BCUT2D eigenvalue weighted by Crippen LogP contribution is -2.32. The third-order valence-corrected chi connectivity index (χ3v) is 5.40. The van der Waals surface area contributed by atoms with E-state index in [1.807, 2.05) is 0 Å². The number of benzene rings is 1. The van der Waals surface area contributed by atoms with E-state index in [1.54, 1.807) is 11.3 Å². The number of unbranched alkanes of at least 4 members (excludes halogenated alkanes) is 1. The number of H-pyrrole nitrogens is 1. The van der Waals surface area contributed by atoms with Crippen LogP contribution in [0.4, 0.5) is 0 Å². The summed E-state index contributed by atoms with van der Waals surface area (Å²) < 4.78 is 2.28. The minimum absolute atomic E-state index is 1.08. The Morgan fingerprint density at radius 3 is 2.62 bits per heavy atom. The van der Waals surface area contributed by atoms with Gasteiger partial charge in [-0.05, 0) is 35.9 Å². The number of aromatic nitrogens is 2. The van der Waals surface area contributed by atoms with Crippen LogP contribution in [0.25, 0.3) is 21.3 Å². The number of thiophene rings is 1. The highest BCUT2D eigenvalue weighted by Crippen LogP contribution is 2.23. The molecule has 4 aromatic rings. The summed E-state index contributed by atoms with van der Waals surface area (Å²) in [5.41, 5.74) is 3.98. The van der Waals surface area contributed by atoms with Crippen LogP contribution in [0.5, 0.6) is 0 Å². The fraction of sp³-hybridized carbons (Fsp3) is 0.190. The second-order valence-corrected chi connectivity index (χ2v) is 7.07. The lowest BCUT2D eigenvalue weighted by molar-refractivity contribution is -0.697. The van der Waals surface area contributed by atoms with E-state index in [2.05, 4.69) is 82.1 Å². The van der Waals surface area contributed by atoms with Crippen LogP contribution in [-0.2, 0) is 13.0 Å². The number of aryl methyl sites for hydroxylation is 2. The third-order valence-electron chi connectivity index (χ3n) is 4.48. The molecule has 0 amide bonds. The van der Waals surface area contributed by atoms with Crippen molar-refractivity contribution in [3.63, 3.8) is 0 Å². The lowest BCUT2D eigenvalue weighted by atomic mass is 10.1. The molecule has 0 spiro atoms. The van der Waals surface area contributed by atoms with E-state index < -0.39 is 0 Å². The molecule has 0 unspecified atom stereocenters. The Kier molecular flexibility index (Phi) is 4.43. The zero-order valence-electron chi connectivity index (χ0n) is 13.6. The Labute approximate surface area is 146 Å². The van der Waals surface area contributed by atoms with Gasteiger partial charge in [0.05, 0.1) is 0 Å². The average Bonchev–Trinajstić information content (AvgIpc) is 3.30. The van der Waals surface area contributed by atoms with Gasteiger partial charge in [0.1, 0.15) is 6.54 Å². The van der Waals surface area contributed by atoms with Gasteiger partial charge in [-0.1, -0.05) is 24.3 Å². The second-order valence-electron chi connectivity index (χ2n) is 6.12. The normalized spacial score (nSPS) is 11.2. The predicted octanol–water partition coefficient (Wildman–Crippen LogP) is 5.21. The van der Waals surface area contributed by atoms with Gasteiger partial charge in [0.2, 0.25) is 0 Å². The molecule has 0 fully saturated rings. The van der Waals surface area contributed by atoms with Crippen LogP contribution in [0, 0.1) is 0 Å². The first-order valence-corrected chi connectivity index (χ1v) is 9.36. The molecule has 2 nitrogen and oxygen atoms in total. The van der Waals surface area contributed by atoms with Gasteiger partial charge in [0.25, 0.3) is 0 Å². The molecule has 0 aliphatic rings. The van der Waals surface area contributed by atoms with Crippen molar-refractivity contribution >= 4 is 22.2 Å². The van der Waals surface area contributed by atoms with Crippen LogP contribution in [0.1, 0.15) is 18.4 Å². The van der Waals surface area contributed by atoms with Crippen molar-refractivity contribution in [2.24, 2.45) is 0 Å². The largest absolute Gasteiger partial charge is 0.361 e. The molecule has 0 saturated carbocycles. The highest BCUT2D eigenvalue weighted by molar-refractivity contribution is 7.13. The molecule has 1 N–H and O–H groups in total. The second kappa shape index (κ2) is 7.02. The van der Waals surface area contributed by atoms with Gasteiger partial charge in [-0.15, -0.1) is 11.3 Å². The van der Waals surface area contributed by atoms with Gasteiger partial charge >= 0.3 is 0 Å². The van der Waals surface area contributed by atoms with Crippen molar-refractivity contribution in [3.05, 3.63) is 78.1 Å². The molecule has 0 atom stereocenters. The van der Waals surface area contributed by atoms with Crippen LogP contribution in [0.2, 0.25) is 0 Å². The monoisotopic (exact) mass is 333 g/mol. The lowest BCUT2D eigenvalue weighted by Gasteiger charge is -2.00. The van der Waals surface area contributed by atoms with E-state index in [-0.39, 0.29) is 0 Å². The molecule has 3 aromatic heterocycles. The van der Waals surface area contributed by atoms with Gasteiger partial charge in [-0.3, -0.25) is 0 Å². The van der Waals surface area contributed by atoms with E-state index in [0.29, 0.717) is 0 Å². The number of aromatic amines is 1. The summed E-state index contributed by atoms with van der Waals surface area (Å²) in [6.45, 7) is 1.08. The maximum Gasteiger partial charge on any atom is 0.169 e. The zero-order chi connectivity index (χ0) is 16.2. The Morgan fingerprint density at radius 2 is 1.79 bits per heavy atom. The van der Waals surface area contributed by atoms with Crippen LogP contribution in [-0.4, -0.2) is 4.98 Å². The third kappa shape index (κ3) is 3.26. The summed E-state index contributed by atoms with van der Waals surface area (Å²) >= 11 is 1.79. The maximum absolute atomic E-state index is 3.36. The summed E-state index contributed by atoms with van der Waals surface area (Å²) in [5.74, 6) is 0. The Bertz CT molecular complexity index is 905. The fourth-order valence-electron chi connectivity index (χ4n) is 3.16. The van der Waals surface area contributed by atoms with Crippen molar-refractivity contribution in [2.45, 2.75) is 25.8 Å². The smallest absolute Gasteiger partial charge is 0.169 e. The summed E-state index contributed by atoms with van der Waals surface area (Å²) in [7, 11) is 0. The highest BCUT2D eigenvalue weighted by atomic mass is 32.1. The number of nitrogens with zero attached hydrogens (tertiary/aromatic N) is 1. The number of fused-ring (bicyclic) bond motifs is 1. The van der Waals surface area contributed by atoms with Crippen LogP contribution in [0.15, 0.2) is 72.5 Å². The average molecular weight is 333 g/mol. The van der Waals surface area contributed by atoms with E-state index in [0.717, 1.165) is 13.0 Å². The maximum atomic E-state index is 3.36. The Balaban J connectivity index is 1.31. The van der Waals surface area contributed by atoms with Crippen LogP contribution in [0.3, 0.4) is 0 Å².